The zero-order valence-electron chi connectivity index (χ0n) is 12.0. The summed E-state index contributed by atoms with van der Waals surface area (Å²) < 4.78 is 26.8. The summed E-state index contributed by atoms with van der Waals surface area (Å²) in [6.07, 6.45) is 0.524. The highest BCUT2D eigenvalue weighted by atomic mass is 35.5. The zero-order valence-corrected chi connectivity index (χ0v) is 13.5. The molecule has 23 heavy (non-hydrogen) atoms. The molecule has 0 bridgehead atoms. The molecule has 0 fully saturated rings. The van der Waals surface area contributed by atoms with E-state index in [1.54, 1.807) is 18.2 Å². The van der Waals surface area contributed by atoms with Crippen molar-refractivity contribution >= 4 is 34.8 Å². The van der Waals surface area contributed by atoms with Crippen LogP contribution in [0, 0.1) is 11.6 Å². The van der Waals surface area contributed by atoms with E-state index in [9.17, 15) is 13.6 Å². The minimum Gasteiger partial charge on any atom is -0.371 e. The fourth-order valence-corrected chi connectivity index (χ4v) is 2.46. The van der Waals surface area contributed by atoms with Gasteiger partial charge in [0.2, 0.25) is 5.91 Å². The van der Waals surface area contributed by atoms with Gasteiger partial charge < -0.3 is 10.6 Å². The number of carbonyl (C=O) groups excluding carboxylic acids is 1. The first kappa shape index (κ1) is 17.5. The third kappa shape index (κ3) is 5.08. The van der Waals surface area contributed by atoms with Crippen LogP contribution in [0.1, 0.15) is 5.56 Å². The molecule has 2 aromatic carbocycles. The summed E-state index contributed by atoms with van der Waals surface area (Å²) in [4.78, 5) is 11.7. The second kappa shape index (κ2) is 8.13. The molecule has 2 rings (SSSR count). The minimum absolute atomic E-state index is 0.230. The van der Waals surface area contributed by atoms with E-state index in [0.29, 0.717) is 23.0 Å². The van der Waals surface area contributed by atoms with Crippen molar-refractivity contribution in [3.05, 3.63) is 63.6 Å². The standard InChI is InChI=1S/C16H14Cl2F2N2O/c17-11-5-4-10(12(18)8-11)6-7-21-15(23)9-22-16-13(19)2-1-3-14(16)20/h1-5,8,22H,6-7,9H2,(H,21,23). The van der Waals surface area contributed by atoms with Gasteiger partial charge in [0.25, 0.3) is 0 Å². The molecule has 0 aliphatic rings. The molecule has 122 valence electrons. The van der Waals surface area contributed by atoms with Gasteiger partial charge in [-0.25, -0.2) is 8.78 Å². The molecule has 0 heterocycles. The second-order valence-electron chi connectivity index (χ2n) is 4.79. The van der Waals surface area contributed by atoms with Crippen molar-refractivity contribution in [3.8, 4) is 0 Å². The quantitative estimate of drug-likeness (QED) is 0.817. The van der Waals surface area contributed by atoms with E-state index in [2.05, 4.69) is 10.6 Å². The third-order valence-corrected chi connectivity index (χ3v) is 3.71. The van der Waals surface area contributed by atoms with E-state index in [4.69, 9.17) is 23.2 Å². The number of benzene rings is 2. The SMILES string of the molecule is O=C(CNc1c(F)cccc1F)NCCc1ccc(Cl)cc1Cl. The maximum atomic E-state index is 13.4. The van der Waals surface area contributed by atoms with Crippen LogP contribution in [0.25, 0.3) is 0 Å². The summed E-state index contributed by atoms with van der Waals surface area (Å²) in [5.74, 6) is -1.87. The van der Waals surface area contributed by atoms with Crippen LogP contribution in [0.15, 0.2) is 36.4 Å². The Kier molecular flexibility index (Phi) is 6.19. The lowest BCUT2D eigenvalue weighted by Gasteiger charge is -2.10. The van der Waals surface area contributed by atoms with Gasteiger partial charge in [0.15, 0.2) is 0 Å². The van der Waals surface area contributed by atoms with Gasteiger partial charge in [-0.05, 0) is 36.2 Å². The summed E-state index contributed by atoms with van der Waals surface area (Å²) in [5, 5.41) is 6.15. The maximum Gasteiger partial charge on any atom is 0.239 e. The number of hydrogen-bond donors (Lipinski definition) is 2. The van der Waals surface area contributed by atoms with Gasteiger partial charge in [-0.15, -0.1) is 0 Å². The number of rotatable bonds is 6. The number of para-hydroxylation sites is 1. The Morgan fingerprint density at radius 1 is 1.09 bits per heavy atom. The van der Waals surface area contributed by atoms with Crippen LogP contribution in [0.4, 0.5) is 14.5 Å². The van der Waals surface area contributed by atoms with Crippen LogP contribution in [-0.4, -0.2) is 19.0 Å². The Morgan fingerprint density at radius 3 is 2.43 bits per heavy atom. The van der Waals surface area contributed by atoms with Gasteiger partial charge >= 0.3 is 0 Å². The Morgan fingerprint density at radius 2 is 1.78 bits per heavy atom. The van der Waals surface area contributed by atoms with Gasteiger partial charge in [-0.1, -0.05) is 35.3 Å². The summed E-state index contributed by atoms with van der Waals surface area (Å²) in [7, 11) is 0. The number of anilines is 1. The van der Waals surface area contributed by atoms with E-state index in [1.807, 2.05) is 0 Å². The van der Waals surface area contributed by atoms with E-state index in [1.165, 1.54) is 6.07 Å². The molecule has 3 nitrogen and oxygen atoms in total. The normalized spacial score (nSPS) is 10.4. The first-order valence-electron chi connectivity index (χ1n) is 6.86. The molecule has 0 unspecified atom stereocenters. The summed E-state index contributed by atoms with van der Waals surface area (Å²) >= 11 is 11.8. The van der Waals surface area contributed by atoms with Gasteiger partial charge in [0.1, 0.15) is 17.3 Å². The summed E-state index contributed by atoms with van der Waals surface area (Å²) in [6.45, 7) is 0.119. The topological polar surface area (TPSA) is 41.1 Å². The van der Waals surface area contributed by atoms with Crippen molar-refractivity contribution in [3.63, 3.8) is 0 Å². The summed E-state index contributed by atoms with van der Waals surface area (Å²) in [6, 6.07) is 8.61. The number of nitrogens with one attached hydrogen (secondary N) is 2. The van der Waals surface area contributed by atoms with Crippen molar-refractivity contribution in [2.24, 2.45) is 0 Å². The molecule has 0 atom stereocenters. The first-order valence-corrected chi connectivity index (χ1v) is 7.61. The molecule has 0 aliphatic carbocycles. The van der Waals surface area contributed by atoms with E-state index in [0.717, 1.165) is 17.7 Å². The minimum atomic E-state index is -0.745. The average Bonchev–Trinajstić information content (AvgIpc) is 2.49. The van der Waals surface area contributed by atoms with Gasteiger partial charge in [0, 0.05) is 16.6 Å². The van der Waals surface area contributed by atoms with Crippen molar-refractivity contribution in [2.75, 3.05) is 18.4 Å². The lowest BCUT2D eigenvalue weighted by atomic mass is 10.1. The largest absolute Gasteiger partial charge is 0.371 e. The molecule has 0 saturated carbocycles. The Hall–Kier alpha value is -1.85. The van der Waals surface area contributed by atoms with Crippen LogP contribution >= 0.6 is 23.2 Å². The lowest BCUT2D eigenvalue weighted by molar-refractivity contribution is -0.119. The highest BCUT2D eigenvalue weighted by Gasteiger charge is 2.09. The van der Waals surface area contributed by atoms with Crippen LogP contribution in [0.2, 0.25) is 10.0 Å². The van der Waals surface area contributed by atoms with Gasteiger partial charge in [-0.3, -0.25) is 4.79 Å². The molecule has 2 N–H and O–H groups in total. The lowest BCUT2D eigenvalue weighted by Crippen LogP contribution is -2.31. The molecular formula is C16H14Cl2F2N2O. The summed E-state index contributed by atoms with van der Waals surface area (Å²) in [5.41, 5.74) is 0.535. The Labute approximate surface area is 142 Å². The Bertz CT molecular complexity index is 690. The van der Waals surface area contributed by atoms with Crippen LogP contribution in [-0.2, 0) is 11.2 Å². The molecule has 0 aliphatic heterocycles. The average molecular weight is 359 g/mol. The van der Waals surface area contributed by atoms with Crippen LogP contribution < -0.4 is 10.6 Å². The fourth-order valence-electron chi connectivity index (χ4n) is 1.96. The number of halogens is 4. The molecule has 0 spiro atoms. The maximum absolute atomic E-state index is 13.4. The predicted octanol–water partition coefficient (Wildman–Crippen LogP) is 4.04. The zero-order chi connectivity index (χ0) is 16.8. The number of amides is 1. The molecular weight excluding hydrogens is 345 g/mol. The monoisotopic (exact) mass is 358 g/mol. The highest BCUT2D eigenvalue weighted by Crippen LogP contribution is 2.21. The van der Waals surface area contributed by atoms with Crippen molar-refractivity contribution in [2.45, 2.75) is 6.42 Å². The van der Waals surface area contributed by atoms with Crippen molar-refractivity contribution in [1.29, 1.82) is 0 Å². The van der Waals surface area contributed by atoms with Gasteiger partial charge in [0.05, 0.1) is 6.54 Å². The van der Waals surface area contributed by atoms with Crippen LogP contribution in [0.5, 0.6) is 0 Å². The first-order chi connectivity index (χ1) is 11.0. The number of carbonyl (C=O) groups is 1. The molecule has 2 aromatic rings. The smallest absolute Gasteiger partial charge is 0.239 e. The predicted molar refractivity (Wildman–Crippen MR) is 88.0 cm³/mol. The molecule has 1 amide bonds. The van der Waals surface area contributed by atoms with Crippen molar-refractivity contribution < 1.29 is 13.6 Å². The van der Waals surface area contributed by atoms with Crippen molar-refractivity contribution in [1.82, 2.24) is 5.32 Å². The molecule has 7 heteroatoms. The second-order valence-corrected chi connectivity index (χ2v) is 5.63. The number of hydrogen-bond acceptors (Lipinski definition) is 2. The van der Waals surface area contributed by atoms with E-state index in [-0.39, 0.29) is 18.1 Å². The molecule has 0 saturated heterocycles. The fraction of sp³-hybridized carbons (Fsp3) is 0.188. The third-order valence-electron chi connectivity index (χ3n) is 3.12. The highest BCUT2D eigenvalue weighted by molar-refractivity contribution is 6.35. The van der Waals surface area contributed by atoms with Gasteiger partial charge in [-0.2, -0.15) is 0 Å². The molecule has 0 aromatic heterocycles. The molecule has 0 radical (unpaired) electrons. The Balaban J connectivity index is 1.79. The van der Waals surface area contributed by atoms with Crippen LogP contribution in [0.3, 0.4) is 0 Å². The van der Waals surface area contributed by atoms with E-state index >= 15 is 0 Å². The van der Waals surface area contributed by atoms with E-state index < -0.39 is 11.6 Å².